The number of hydrogen-bond acceptors (Lipinski definition) is 3. The molecule has 5 heteroatoms. The van der Waals surface area contributed by atoms with Gasteiger partial charge in [-0.25, -0.2) is 5.43 Å². The molecule has 1 N–H and O–H groups in total. The van der Waals surface area contributed by atoms with Crippen molar-refractivity contribution < 1.29 is 4.79 Å². The van der Waals surface area contributed by atoms with Gasteiger partial charge in [-0.05, 0) is 62.2 Å². The maximum Gasteiger partial charge on any atom is 0.271 e. The molecule has 1 aliphatic rings. The second kappa shape index (κ2) is 7.08. The van der Waals surface area contributed by atoms with Crippen molar-refractivity contribution >= 4 is 39.3 Å². The third kappa shape index (κ3) is 3.73. The predicted octanol–water partition coefficient (Wildman–Crippen LogP) is 4.84. The molecule has 134 valence electrons. The quantitative estimate of drug-likeness (QED) is 0.579. The van der Waals surface area contributed by atoms with Gasteiger partial charge in [0.1, 0.15) is 0 Å². The molecule has 0 fully saturated rings. The number of allylic oxidation sites excluding steroid dienone is 1. The monoisotopic (exact) mass is 411 g/mol. The van der Waals surface area contributed by atoms with E-state index in [9.17, 15) is 4.79 Å². The molecule has 0 radical (unpaired) electrons. The van der Waals surface area contributed by atoms with E-state index in [1.807, 2.05) is 18.2 Å². The molecule has 0 spiro atoms. The van der Waals surface area contributed by atoms with E-state index in [0.717, 1.165) is 10.0 Å². The zero-order valence-electron chi connectivity index (χ0n) is 15.4. The van der Waals surface area contributed by atoms with Crippen LogP contribution >= 0.6 is 15.9 Å². The van der Waals surface area contributed by atoms with Crippen LogP contribution < -0.4 is 10.3 Å². The Balaban J connectivity index is 1.77. The van der Waals surface area contributed by atoms with Gasteiger partial charge in [0.25, 0.3) is 5.91 Å². The number of carbonyl (C=O) groups is 1. The van der Waals surface area contributed by atoms with Crippen molar-refractivity contribution in [3.8, 4) is 0 Å². The van der Waals surface area contributed by atoms with Gasteiger partial charge in [-0.15, -0.1) is 0 Å². The van der Waals surface area contributed by atoms with E-state index in [2.05, 4.69) is 77.4 Å². The van der Waals surface area contributed by atoms with Crippen LogP contribution in [0.3, 0.4) is 0 Å². The van der Waals surface area contributed by atoms with Crippen molar-refractivity contribution in [2.75, 3.05) is 11.9 Å². The number of carbonyl (C=O) groups excluding carboxylic acids is 1. The van der Waals surface area contributed by atoms with Crippen LogP contribution in [0.4, 0.5) is 5.69 Å². The Hall–Kier alpha value is -2.40. The van der Waals surface area contributed by atoms with E-state index in [1.165, 1.54) is 16.8 Å². The molecule has 0 aliphatic carbocycles. The lowest BCUT2D eigenvalue weighted by Gasteiger charge is -2.40. The molecule has 0 aromatic heterocycles. The Labute approximate surface area is 162 Å². The summed E-state index contributed by atoms with van der Waals surface area (Å²) in [6.07, 6.45) is 3.94. The topological polar surface area (TPSA) is 44.7 Å². The van der Waals surface area contributed by atoms with E-state index in [1.54, 1.807) is 18.3 Å². The second-order valence-electron chi connectivity index (χ2n) is 7.03. The van der Waals surface area contributed by atoms with Crippen LogP contribution in [0.5, 0.6) is 0 Å². The summed E-state index contributed by atoms with van der Waals surface area (Å²) in [4.78, 5) is 14.4. The number of halogens is 1. The van der Waals surface area contributed by atoms with Crippen molar-refractivity contribution in [2.24, 2.45) is 5.10 Å². The predicted molar refractivity (Wildman–Crippen MR) is 112 cm³/mol. The first-order valence-electron chi connectivity index (χ1n) is 8.44. The normalized spacial score (nSPS) is 15.6. The maximum absolute atomic E-state index is 12.1. The number of rotatable bonds is 3. The number of anilines is 1. The highest BCUT2D eigenvalue weighted by molar-refractivity contribution is 9.10. The fourth-order valence-corrected chi connectivity index (χ4v) is 3.52. The van der Waals surface area contributed by atoms with E-state index in [-0.39, 0.29) is 11.4 Å². The molecule has 0 unspecified atom stereocenters. The van der Waals surface area contributed by atoms with E-state index >= 15 is 0 Å². The van der Waals surface area contributed by atoms with Crippen molar-refractivity contribution in [2.45, 2.75) is 26.3 Å². The fourth-order valence-electron chi connectivity index (χ4n) is 3.12. The number of nitrogens with zero attached hydrogens (tertiary/aromatic N) is 2. The Morgan fingerprint density at radius 2 is 2.00 bits per heavy atom. The molecule has 0 bridgehead atoms. The zero-order chi connectivity index (χ0) is 18.9. The van der Waals surface area contributed by atoms with Crippen LogP contribution in [0, 0.1) is 0 Å². The second-order valence-corrected chi connectivity index (χ2v) is 7.94. The number of fused-ring (bicyclic) bond motifs is 1. The molecule has 2 aromatic carbocycles. The van der Waals surface area contributed by atoms with E-state index < -0.39 is 0 Å². The van der Waals surface area contributed by atoms with E-state index in [4.69, 9.17) is 0 Å². The summed E-state index contributed by atoms with van der Waals surface area (Å²) in [6, 6.07) is 13.4. The van der Waals surface area contributed by atoms with Gasteiger partial charge in [0, 0.05) is 28.3 Å². The van der Waals surface area contributed by atoms with Crippen LogP contribution in [-0.4, -0.2) is 24.7 Å². The minimum atomic E-state index is -0.238. The van der Waals surface area contributed by atoms with Crippen molar-refractivity contribution in [1.82, 2.24) is 5.43 Å². The number of likely N-dealkylation sites (N-methyl/N-ethyl adjacent to an activating group) is 1. The minimum Gasteiger partial charge on any atom is -0.366 e. The van der Waals surface area contributed by atoms with Crippen molar-refractivity contribution in [3.05, 3.63) is 69.7 Å². The SMILES string of the molecule is CC1=CC(C)(C)N(C)c2ccc(/C=N\NC(=O)c3cccc(Br)c3)cc21. The van der Waals surface area contributed by atoms with Gasteiger partial charge in [-0.1, -0.05) is 34.1 Å². The molecule has 0 saturated heterocycles. The number of hydrazone groups is 1. The largest absolute Gasteiger partial charge is 0.366 e. The maximum atomic E-state index is 12.1. The molecule has 1 heterocycles. The first kappa shape index (κ1) is 18.4. The summed E-state index contributed by atoms with van der Waals surface area (Å²) in [7, 11) is 2.10. The molecule has 4 nitrogen and oxygen atoms in total. The smallest absolute Gasteiger partial charge is 0.271 e. The summed E-state index contributed by atoms with van der Waals surface area (Å²) in [6.45, 7) is 6.53. The standard InChI is InChI=1S/C21H22BrN3O/c1-14-12-21(2,3)25(4)19-9-8-15(10-18(14)19)13-23-24-20(26)16-6-5-7-17(22)11-16/h5-13H,1-4H3,(H,24,26)/b23-13-. The first-order valence-corrected chi connectivity index (χ1v) is 9.24. The Kier molecular flexibility index (Phi) is 5.01. The van der Waals surface area contributed by atoms with E-state index in [0.29, 0.717) is 5.56 Å². The summed E-state index contributed by atoms with van der Waals surface area (Å²) in [5, 5.41) is 4.10. The average Bonchev–Trinajstić information content (AvgIpc) is 2.59. The lowest BCUT2D eigenvalue weighted by atomic mass is 9.89. The summed E-state index contributed by atoms with van der Waals surface area (Å²) >= 11 is 3.36. The zero-order valence-corrected chi connectivity index (χ0v) is 17.0. The van der Waals surface area contributed by atoms with Crippen LogP contribution in [0.25, 0.3) is 5.57 Å². The van der Waals surface area contributed by atoms with Crippen molar-refractivity contribution in [1.29, 1.82) is 0 Å². The highest BCUT2D eigenvalue weighted by Gasteiger charge is 2.28. The molecule has 2 aromatic rings. The summed E-state index contributed by atoms with van der Waals surface area (Å²) in [5.74, 6) is -0.238. The van der Waals surface area contributed by atoms with Gasteiger partial charge in [-0.2, -0.15) is 5.10 Å². The van der Waals surface area contributed by atoms with Gasteiger partial charge < -0.3 is 4.90 Å². The highest BCUT2D eigenvalue weighted by Crippen LogP contribution is 2.37. The molecule has 26 heavy (non-hydrogen) atoms. The van der Waals surface area contributed by atoms with Gasteiger partial charge in [-0.3, -0.25) is 4.79 Å². The number of amides is 1. The highest BCUT2D eigenvalue weighted by atomic mass is 79.9. The van der Waals surface area contributed by atoms with Crippen LogP contribution in [0.15, 0.2) is 58.1 Å². The number of hydrogen-bond donors (Lipinski definition) is 1. The first-order chi connectivity index (χ1) is 12.3. The Bertz CT molecular complexity index is 915. The lowest BCUT2D eigenvalue weighted by Crippen LogP contribution is -2.42. The molecular formula is C21H22BrN3O. The third-order valence-corrected chi connectivity index (χ3v) is 5.20. The molecule has 3 rings (SSSR count). The lowest BCUT2D eigenvalue weighted by molar-refractivity contribution is 0.0955. The molecular weight excluding hydrogens is 390 g/mol. The van der Waals surface area contributed by atoms with Crippen LogP contribution in [0.2, 0.25) is 0 Å². The van der Waals surface area contributed by atoms with Crippen molar-refractivity contribution in [3.63, 3.8) is 0 Å². The minimum absolute atomic E-state index is 0.00930. The van der Waals surface area contributed by atoms with Crippen LogP contribution in [0.1, 0.15) is 42.3 Å². The number of benzene rings is 2. The molecule has 0 saturated carbocycles. The fraction of sp³-hybridized carbons (Fsp3) is 0.238. The van der Waals surface area contributed by atoms with Crippen LogP contribution in [-0.2, 0) is 0 Å². The summed E-state index contributed by atoms with van der Waals surface area (Å²) < 4.78 is 0.859. The molecule has 1 aliphatic heterocycles. The average molecular weight is 412 g/mol. The van der Waals surface area contributed by atoms with Gasteiger partial charge in [0.05, 0.1) is 11.8 Å². The molecule has 1 amide bonds. The van der Waals surface area contributed by atoms with Gasteiger partial charge in [0.2, 0.25) is 0 Å². The van der Waals surface area contributed by atoms with Gasteiger partial charge in [0.15, 0.2) is 0 Å². The Morgan fingerprint density at radius 1 is 1.23 bits per heavy atom. The third-order valence-electron chi connectivity index (χ3n) is 4.71. The van der Waals surface area contributed by atoms with Gasteiger partial charge >= 0.3 is 0 Å². The molecule has 0 atom stereocenters. The Morgan fingerprint density at radius 3 is 2.73 bits per heavy atom. The number of nitrogens with one attached hydrogen (secondary N) is 1. The summed E-state index contributed by atoms with van der Waals surface area (Å²) in [5.41, 5.74) is 7.70.